The maximum atomic E-state index is 11.5. The number of rotatable bonds is 5. The number of piperidine rings is 1. The van der Waals surface area contributed by atoms with Crippen molar-refractivity contribution in [1.29, 1.82) is 0 Å². The molecule has 0 aliphatic carbocycles. The van der Waals surface area contributed by atoms with Gasteiger partial charge in [-0.2, -0.15) is 0 Å². The van der Waals surface area contributed by atoms with Crippen LogP contribution in [0.5, 0.6) is 5.75 Å². The Morgan fingerprint density at radius 3 is 2.89 bits per heavy atom. The summed E-state index contributed by atoms with van der Waals surface area (Å²) in [6.45, 7) is 5.26. The molecule has 1 aromatic heterocycles. The Labute approximate surface area is 113 Å². The molecule has 2 heterocycles. The molecule has 0 aromatic carbocycles. The van der Waals surface area contributed by atoms with Gasteiger partial charge in [0.1, 0.15) is 0 Å². The molecule has 2 N–H and O–H groups in total. The Morgan fingerprint density at radius 2 is 2.21 bits per heavy atom. The number of H-pyrrole nitrogens is 1. The topological polar surface area (TPSA) is 70.2 Å². The summed E-state index contributed by atoms with van der Waals surface area (Å²) in [5.74, 6) is 0.753. The number of nitrogens with one attached hydrogen (secondary N) is 2. The van der Waals surface area contributed by atoms with Crippen molar-refractivity contribution in [2.24, 2.45) is 0 Å². The van der Waals surface area contributed by atoms with E-state index in [0.717, 1.165) is 19.6 Å². The van der Waals surface area contributed by atoms with Crippen LogP contribution in [-0.2, 0) is 0 Å². The van der Waals surface area contributed by atoms with Crippen molar-refractivity contribution < 1.29 is 4.74 Å². The summed E-state index contributed by atoms with van der Waals surface area (Å²) in [5, 5.41) is 3.20. The fourth-order valence-electron chi connectivity index (χ4n) is 2.44. The van der Waals surface area contributed by atoms with E-state index in [1.165, 1.54) is 32.7 Å². The summed E-state index contributed by atoms with van der Waals surface area (Å²) in [5.41, 5.74) is -0.259. The van der Waals surface area contributed by atoms with Crippen LogP contribution >= 0.6 is 0 Å². The third-order valence-electron chi connectivity index (χ3n) is 3.59. The number of likely N-dealkylation sites (tertiary alicyclic amines) is 1. The number of aromatic nitrogens is 2. The number of nitrogens with zero attached hydrogens (tertiary/aromatic N) is 2. The SMILES string of the molecule is COc1c(NCC(C)N2CCCCC2)nc[nH]c1=O. The number of hydrogen-bond donors (Lipinski definition) is 2. The highest BCUT2D eigenvalue weighted by Gasteiger charge is 2.17. The van der Waals surface area contributed by atoms with Gasteiger partial charge in [0.15, 0.2) is 5.82 Å². The summed E-state index contributed by atoms with van der Waals surface area (Å²) in [6.07, 6.45) is 5.27. The summed E-state index contributed by atoms with van der Waals surface area (Å²) in [7, 11) is 1.48. The Morgan fingerprint density at radius 1 is 1.47 bits per heavy atom. The number of ether oxygens (including phenoxy) is 1. The molecule has 6 heteroatoms. The largest absolute Gasteiger partial charge is 0.489 e. The standard InChI is InChI=1S/C13H22N4O2/c1-10(17-6-4-3-5-7-17)8-14-12-11(19-2)13(18)16-9-15-12/h9-10H,3-8H2,1-2H3,(H2,14,15,16,18). The lowest BCUT2D eigenvalue weighted by atomic mass is 10.1. The van der Waals surface area contributed by atoms with E-state index in [4.69, 9.17) is 4.74 Å². The van der Waals surface area contributed by atoms with Gasteiger partial charge in [0.25, 0.3) is 5.56 Å². The van der Waals surface area contributed by atoms with Crippen LogP contribution in [0.25, 0.3) is 0 Å². The van der Waals surface area contributed by atoms with Gasteiger partial charge in [-0.15, -0.1) is 0 Å². The van der Waals surface area contributed by atoms with Crippen LogP contribution in [-0.4, -0.2) is 47.7 Å². The first-order chi connectivity index (χ1) is 9.22. The van der Waals surface area contributed by atoms with Crippen LogP contribution in [0.1, 0.15) is 26.2 Å². The van der Waals surface area contributed by atoms with Crippen LogP contribution in [0.15, 0.2) is 11.1 Å². The molecule has 1 atom stereocenters. The summed E-state index contributed by atoms with van der Waals surface area (Å²) < 4.78 is 5.07. The lowest BCUT2D eigenvalue weighted by molar-refractivity contribution is 0.180. The van der Waals surface area contributed by atoms with Gasteiger partial charge in [-0.1, -0.05) is 6.42 Å². The van der Waals surface area contributed by atoms with Gasteiger partial charge in [-0.25, -0.2) is 4.98 Å². The molecule has 106 valence electrons. The normalized spacial score (nSPS) is 18.0. The molecule has 1 aromatic rings. The van der Waals surface area contributed by atoms with Gasteiger partial charge in [-0.3, -0.25) is 9.69 Å². The van der Waals surface area contributed by atoms with E-state index in [2.05, 4.69) is 27.1 Å². The Balaban J connectivity index is 1.94. The molecule has 0 spiro atoms. The smallest absolute Gasteiger partial charge is 0.295 e. The number of methoxy groups -OCH3 is 1. The van der Waals surface area contributed by atoms with E-state index in [0.29, 0.717) is 11.9 Å². The van der Waals surface area contributed by atoms with E-state index >= 15 is 0 Å². The lowest BCUT2D eigenvalue weighted by Gasteiger charge is -2.32. The molecule has 1 unspecified atom stereocenters. The Kier molecular flexibility index (Phi) is 4.79. The predicted molar refractivity (Wildman–Crippen MR) is 74.8 cm³/mol. The van der Waals surface area contributed by atoms with Gasteiger partial charge >= 0.3 is 0 Å². The first-order valence-corrected chi connectivity index (χ1v) is 6.82. The molecule has 0 amide bonds. The molecule has 19 heavy (non-hydrogen) atoms. The summed E-state index contributed by atoms with van der Waals surface area (Å²) in [6, 6.07) is 0.422. The van der Waals surface area contributed by atoms with E-state index < -0.39 is 0 Å². The van der Waals surface area contributed by atoms with Crippen molar-refractivity contribution in [3.05, 3.63) is 16.7 Å². The minimum atomic E-state index is -0.259. The van der Waals surface area contributed by atoms with E-state index in [-0.39, 0.29) is 11.3 Å². The van der Waals surface area contributed by atoms with Crippen molar-refractivity contribution in [3.8, 4) is 5.75 Å². The summed E-state index contributed by atoms with van der Waals surface area (Å²) in [4.78, 5) is 20.6. The van der Waals surface area contributed by atoms with Crippen LogP contribution in [0.4, 0.5) is 5.82 Å². The second-order valence-corrected chi connectivity index (χ2v) is 4.94. The number of anilines is 1. The predicted octanol–water partition coefficient (Wildman–Crippen LogP) is 1.06. The number of aromatic amines is 1. The second-order valence-electron chi connectivity index (χ2n) is 4.94. The molecule has 6 nitrogen and oxygen atoms in total. The highest BCUT2D eigenvalue weighted by molar-refractivity contribution is 5.47. The Bertz CT molecular complexity index is 454. The van der Waals surface area contributed by atoms with Crippen LogP contribution < -0.4 is 15.6 Å². The second kappa shape index (κ2) is 6.56. The lowest BCUT2D eigenvalue weighted by Crippen LogP contribution is -2.41. The minimum Gasteiger partial charge on any atom is -0.489 e. The zero-order valence-corrected chi connectivity index (χ0v) is 11.6. The molecular formula is C13H22N4O2. The third kappa shape index (κ3) is 3.47. The molecule has 1 saturated heterocycles. The molecular weight excluding hydrogens is 244 g/mol. The monoisotopic (exact) mass is 266 g/mol. The molecule has 1 aliphatic rings. The van der Waals surface area contributed by atoms with E-state index in [1.54, 1.807) is 0 Å². The van der Waals surface area contributed by atoms with E-state index in [9.17, 15) is 4.79 Å². The van der Waals surface area contributed by atoms with Crippen LogP contribution in [0.2, 0.25) is 0 Å². The minimum absolute atomic E-state index is 0.244. The first kappa shape index (κ1) is 13.9. The van der Waals surface area contributed by atoms with Gasteiger partial charge in [-0.05, 0) is 32.9 Å². The Hall–Kier alpha value is -1.56. The average molecular weight is 266 g/mol. The van der Waals surface area contributed by atoms with Crippen molar-refractivity contribution in [3.63, 3.8) is 0 Å². The zero-order valence-electron chi connectivity index (χ0n) is 11.6. The third-order valence-corrected chi connectivity index (χ3v) is 3.59. The quantitative estimate of drug-likeness (QED) is 0.834. The van der Waals surface area contributed by atoms with Gasteiger partial charge in [0.2, 0.25) is 5.75 Å². The molecule has 0 bridgehead atoms. The van der Waals surface area contributed by atoms with Crippen molar-refractivity contribution >= 4 is 5.82 Å². The molecule has 1 aliphatic heterocycles. The van der Waals surface area contributed by atoms with Gasteiger partial charge in [0.05, 0.1) is 13.4 Å². The fraction of sp³-hybridized carbons (Fsp3) is 0.692. The maximum absolute atomic E-state index is 11.5. The highest BCUT2D eigenvalue weighted by atomic mass is 16.5. The highest BCUT2D eigenvalue weighted by Crippen LogP contribution is 2.16. The first-order valence-electron chi connectivity index (χ1n) is 6.82. The molecule has 0 saturated carbocycles. The fourth-order valence-corrected chi connectivity index (χ4v) is 2.44. The van der Waals surface area contributed by atoms with Crippen molar-refractivity contribution in [2.75, 3.05) is 32.1 Å². The zero-order chi connectivity index (χ0) is 13.7. The van der Waals surface area contributed by atoms with Gasteiger partial charge < -0.3 is 15.0 Å². The maximum Gasteiger partial charge on any atom is 0.295 e. The summed E-state index contributed by atoms with van der Waals surface area (Å²) >= 11 is 0. The molecule has 0 radical (unpaired) electrons. The average Bonchev–Trinajstić information content (AvgIpc) is 2.45. The van der Waals surface area contributed by atoms with Crippen LogP contribution in [0, 0.1) is 0 Å². The van der Waals surface area contributed by atoms with Crippen LogP contribution in [0.3, 0.4) is 0 Å². The van der Waals surface area contributed by atoms with Crippen molar-refractivity contribution in [2.45, 2.75) is 32.2 Å². The van der Waals surface area contributed by atoms with E-state index in [1.807, 2.05) is 0 Å². The van der Waals surface area contributed by atoms with Gasteiger partial charge in [0, 0.05) is 12.6 Å². The van der Waals surface area contributed by atoms with Crippen molar-refractivity contribution in [1.82, 2.24) is 14.9 Å². The molecule has 2 rings (SSSR count). The number of hydrogen-bond acceptors (Lipinski definition) is 5. The molecule has 1 fully saturated rings.